The lowest BCUT2D eigenvalue weighted by Gasteiger charge is -2.13. The fourth-order valence-electron chi connectivity index (χ4n) is 2.49. The molecule has 0 aliphatic heterocycles. The minimum atomic E-state index is -0.387. The molecule has 0 spiro atoms. The zero-order valence-corrected chi connectivity index (χ0v) is 16.2. The summed E-state index contributed by atoms with van der Waals surface area (Å²) < 4.78 is 21.6. The van der Waals surface area contributed by atoms with E-state index in [0.29, 0.717) is 23.3 Å². The van der Waals surface area contributed by atoms with Crippen LogP contribution in [0.15, 0.2) is 53.7 Å². The van der Waals surface area contributed by atoms with Crippen molar-refractivity contribution in [3.8, 4) is 22.8 Å². The standard InChI is InChI=1S/C20H20FN3O2S/c1-4-26-16-11-9-15(10-12-16)19-22-23-20(27-14(3)13(2)25)24(19)18-8-6-5-7-17(18)21/h5-12,14H,4H2,1-3H3. The monoisotopic (exact) mass is 385 g/mol. The van der Waals surface area contributed by atoms with Crippen LogP contribution in [0.3, 0.4) is 0 Å². The number of halogens is 1. The highest BCUT2D eigenvalue weighted by molar-refractivity contribution is 8.00. The van der Waals surface area contributed by atoms with Gasteiger partial charge in [0.15, 0.2) is 11.0 Å². The van der Waals surface area contributed by atoms with Crippen molar-refractivity contribution in [3.05, 3.63) is 54.3 Å². The van der Waals surface area contributed by atoms with Crippen LogP contribution in [-0.4, -0.2) is 32.4 Å². The van der Waals surface area contributed by atoms with Crippen LogP contribution in [0.5, 0.6) is 5.75 Å². The van der Waals surface area contributed by atoms with Crippen molar-refractivity contribution in [1.82, 2.24) is 14.8 Å². The highest BCUT2D eigenvalue weighted by atomic mass is 32.2. The van der Waals surface area contributed by atoms with Crippen LogP contribution in [-0.2, 0) is 4.79 Å². The van der Waals surface area contributed by atoms with Gasteiger partial charge in [0.05, 0.1) is 17.5 Å². The lowest BCUT2D eigenvalue weighted by molar-refractivity contribution is -0.116. The maximum Gasteiger partial charge on any atom is 0.196 e. The summed E-state index contributed by atoms with van der Waals surface area (Å²) in [5.74, 6) is 0.881. The Kier molecular flexibility index (Phi) is 5.91. The highest BCUT2D eigenvalue weighted by Gasteiger charge is 2.21. The number of nitrogens with zero attached hydrogens (tertiary/aromatic N) is 3. The first-order chi connectivity index (χ1) is 13.0. The Morgan fingerprint density at radius 2 is 1.89 bits per heavy atom. The first kappa shape index (κ1) is 19.1. The molecule has 0 aliphatic rings. The summed E-state index contributed by atoms with van der Waals surface area (Å²) in [6.45, 7) is 5.82. The average molecular weight is 385 g/mol. The molecule has 1 aromatic heterocycles. The molecule has 3 rings (SSSR count). The SMILES string of the molecule is CCOc1ccc(-c2nnc(SC(C)C(C)=O)n2-c2ccccc2F)cc1. The van der Waals surface area contributed by atoms with E-state index < -0.39 is 0 Å². The van der Waals surface area contributed by atoms with E-state index in [1.807, 2.05) is 31.2 Å². The van der Waals surface area contributed by atoms with Gasteiger partial charge in [-0.15, -0.1) is 10.2 Å². The van der Waals surface area contributed by atoms with Gasteiger partial charge in [-0.1, -0.05) is 23.9 Å². The van der Waals surface area contributed by atoms with Crippen molar-refractivity contribution >= 4 is 17.5 Å². The number of ether oxygens (including phenoxy) is 1. The molecular formula is C20H20FN3O2S. The molecule has 1 heterocycles. The third kappa shape index (κ3) is 4.19. The normalized spacial score (nSPS) is 12.0. The molecule has 0 radical (unpaired) electrons. The number of rotatable bonds is 7. The summed E-state index contributed by atoms with van der Waals surface area (Å²) in [6, 6.07) is 13.8. The van der Waals surface area contributed by atoms with E-state index >= 15 is 0 Å². The van der Waals surface area contributed by atoms with Gasteiger partial charge in [0.1, 0.15) is 17.3 Å². The molecule has 2 aromatic carbocycles. The fourth-order valence-corrected chi connectivity index (χ4v) is 3.35. The molecular weight excluding hydrogens is 365 g/mol. The number of carbonyl (C=O) groups is 1. The summed E-state index contributed by atoms with van der Waals surface area (Å²) in [6.07, 6.45) is 0. The lowest BCUT2D eigenvalue weighted by Crippen LogP contribution is -2.10. The van der Waals surface area contributed by atoms with Crippen LogP contribution < -0.4 is 4.74 Å². The number of Topliss-reactive ketones (excluding diaryl/α,β-unsaturated/α-hetero) is 1. The second-order valence-corrected chi connectivity index (χ2v) is 7.23. The van der Waals surface area contributed by atoms with Gasteiger partial charge in [0.2, 0.25) is 0 Å². The Bertz CT molecular complexity index is 941. The Balaban J connectivity index is 2.10. The first-order valence-electron chi connectivity index (χ1n) is 8.62. The van der Waals surface area contributed by atoms with E-state index in [-0.39, 0.29) is 16.9 Å². The van der Waals surface area contributed by atoms with Gasteiger partial charge in [-0.25, -0.2) is 4.39 Å². The molecule has 3 aromatic rings. The van der Waals surface area contributed by atoms with Crippen molar-refractivity contribution in [1.29, 1.82) is 0 Å². The van der Waals surface area contributed by atoms with Gasteiger partial charge in [-0.3, -0.25) is 9.36 Å². The maximum absolute atomic E-state index is 14.5. The van der Waals surface area contributed by atoms with Crippen molar-refractivity contribution in [2.75, 3.05) is 6.61 Å². The van der Waals surface area contributed by atoms with E-state index in [9.17, 15) is 9.18 Å². The minimum Gasteiger partial charge on any atom is -0.494 e. The van der Waals surface area contributed by atoms with Crippen LogP contribution in [0.4, 0.5) is 4.39 Å². The van der Waals surface area contributed by atoms with Crippen LogP contribution in [0, 0.1) is 5.82 Å². The number of hydrogen-bond donors (Lipinski definition) is 0. The van der Waals surface area contributed by atoms with Crippen molar-refractivity contribution in [3.63, 3.8) is 0 Å². The summed E-state index contributed by atoms with van der Waals surface area (Å²) in [5, 5.41) is 8.63. The van der Waals surface area contributed by atoms with Crippen molar-refractivity contribution < 1.29 is 13.9 Å². The van der Waals surface area contributed by atoms with Crippen LogP contribution in [0.25, 0.3) is 17.1 Å². The van der Waals surface area contributed by atoms with E-state index in [0.717, 1.165) is 11.3 Å². The molecule has 5 nitrogen and oxygen atoms in total. The summed E-state index contributed by atoms with van der Waals surface area (Å²) >= 11 is 1.26. The number of para-hydroxylation sites is 1. The third-order valence-corrected chi connectivity index (χ3v) is 5.17. The van der Waals surface area contributed by atoms with Gasteiger partial charge >= 0.3 is 0 Å². The van der Waals surface area contributed by atoms with Crippen molar-refractivity contribution in [2.45, 2.75) is 31.2 Å². The molecule has 27 heavy (non-hydrogen) atoms. The predicted octanol–water partition coefficient (Wildman–Crippen LogP) is 4.54. The van der Waals surface area contributed by atoms with E-state index in [2.05, 4.69) is 10.2 Å². The van der Waals surface area contributed by atoms with Crippen LogP contribution >= 0.6 is 11.8 Å². The molecule has 1 unspecified atom stereocenters. The Morgan fingerprint density at radius 3 is 2.52 bits per heavy atom. The van der Waals surface area contributed by atoms with E-state index in [1.165, 1.54) is 24.8 Å². The largest absolute Gasteiger partial charge is 0.494 e. The predicted molar refractivity (Wildman–Crippen MR) is 104 cm³/mol. The van der Waals surface area contributed by atoms with Gasteiger partial charge in [-0.2, -0.15) is 0 Å². The maximum atomic E-state index is 14.5. The van der Waals surface area contributed by atoms with Crippen LogP contribution in [0.2, 0.25) is 0 Å². The average Bonchev–Trinajstić information content (AvgIpc) is 3.06. The van der Waals surface area contributed by atoms with E-state index in [1.54, 1.807) is 29.7 Å². The Labute approximate surface area is 161 Å². The quantitative estimate of drug-likeness (QED) is 0.559. The summed E-state index contributed by atoms with van der Waals surface area (Å²) in [7, 11) is 0. The number of thioether (sulfide) groups is 1. The molecule has 0 bridgehead atoms. The zero-order valence-electron chi connectivity index (χ0n) is 15.3. The topological polar surface area (TPSA) is 57.0 Å². The molecule has 1 atom stereocenters. The highest BCUT2D eigenvalue weighted by Crippen LogP contribution is 2.31. The number of carbonyl (C=O) groups excluding carboxylic acids is 1. The third-order valence-electron chi connectivity index (χ3n) is 4.00. The van der Waals surface area contributed by atoms with Gasteiger partial charge < -0.3 is 4.74 Å². The molecule has 0 aliphatic carbocycles. The Morgan fingerprint density at radius 1 is 1.19 bits per heavy atom. The van der Waals surface area contributed by atoms with E-state index in [4.69, 9.17) is 4.74 Å². The molecule has 7 heteroatoms. The fraction of sp³-hybridized carbons (Fsp3) is 0.250. The molecule has 140 valence electrons. The summed E-state index contributed by atoms with van der Waals surface area (Å²) in [4.78, 5) is 11.7. The number of benzene rings is 2. The second-order valence-electron chi connectivity index (χ2n) is 5.92. The minimum absolute atomic E-state index is 0.0192. The molecule has 0 amide bonds. The molecule has 0 fully saturated rings. The molecule has 0 N–H and O–H groups in total. The number of aromatic nitrogens is 3. The second kappa shape index (κ2) is 8.35. The zero-order chi connectivity index (χ0) is 19.4. The van der Waals surface area contributed by atoms with Gasteiger partial charge in [-0.05, 0) is 57.2 Å². The molecule has 0 saturated heterocycles. The van der Waals surface area contributed by atoms with Gasteiger partial charge in [0, 0.05) is 5.56 Å². The first-order valence-corrected chi connectivity index (χ1v) is 9.50. The smallest absolute Gasteiger partial charge is 0.196 e. The van der Waals surface area contributed by atoms with Gasteiger partial charge in [0.25, 0.3) is 0 Å². The molecule has 0 saturated carbocycles. The number of ketones is 1. The summed E-state index contributed by atoms with van der Waals surface area (Å²) in [5.41, 5.74) is 1.11. The van der Waals surface area contributed by atoms with Crippen LogP contribution in [0.1, 0.15) is 20.8 Å². The lowest BCUT2D eigenvalue weighted by atomic mass is 10.2. The van der Waals surface area contributed by atoms with Crippen molar-refractivity contribution in [2.24, 2.45) is 0 Å². The number of hydrogen-bond acceptors (Lipinski definition) is 5. The Hall–Kier alpha value is -2.67.